The molecule has 1 atom stereocenters. The minimum atomic E-state index is 0.304. The Hall–Kier alpha value is -0.820. The van der Waals surface area contributed by atoms with Crippen molar-refractivity contribution >= 4 is 0 Å². The van der Waals surface area contributed by atoms with Crippen molar-refractivity contribution in [3.8, 4) is 0 Å². The molecule has 1 aliphatic rings. The Labute approximate surface area is 86.5 Å². The third kappa shape index (κ3) is 2.16. The molecule has 1 saturated heterocycles. The van der Waals surface area contributed by atoms with Crippen LogP contribution in [0.3, 0.4) is 0 Å². The maximum atomic E-state index is 3.71. The summed E-state index contributed by atoms with van der Waals surface area (Å²) in [6.45, 7) is 4.59. The van der Waals surface area contributed by atoms with Gasteiger partial charge >= 0.3 is 0 Å². The van der Waals surface area contributed by atoms with Gasteiger partial charge in [0.2, 0.25) is 0 Å². The lowest BCUT2D eigenvalue weighted by Gasteiger charge is -2.37. The lowest BCUT2D eigenvalue weighted by atomic mass is 9.86. The molecule has 1 aromatic rings. The third-order valence-corrected chi connectivity index (χ3v) is 3.06. The van der Waals surface area contributed by atoms with Gasteiger partial charge in [-0.1, -0.05) is 30.3 Å². The molecule has 1 nitrogen and oxygen atoms in total. The van der Waals surface area contributed by atoms with Gasteiger partial charge in [0, 0.05) is 11.6 Å². The standard InChI is InChI=1S/C13H19N/c1-13(2)10-6-9-12(14-13)11-7-4-3-5-8-11/h3-5,7-8,12,14H,6,9-10H2,1-2H3/t12-/m1/s1. The normalized spacial score (nSPS) is 26.0. The van der Waals surface area contributed by atoms with Crippen molar-refractivity contribution in [2.45, 2.75) is 44.7 Å². The first-order valence-corrected chi connectivity index (χ1v) is 5.50. The van der Waals surface area contributed by atoms with Crippen LogP contribution in [0.2, 0.25) is 0 Å². The van der Waals surface area contributed by atoms with E-state index in [9.17, 15) is 0 Å². The molecule has 0 saturated carbocycles. The fourth-order valence-corrected chi connectivity index (χ4v) is 2.30. The van der Waals surface area contributed by atoms with Crippen LogP contribution in [0.1, 0.15) is 44.7 Å². The van der Waals surface area contributed by atoms with Gasteiger partial charge in [-0.15, -0.1) is 0 Å². The third-order valence-electron chi connectivity index (χ3n) is 3.06. The van der Waals surface area contributed by atoms with Crippen LogP contribution in [0.15, 0.2) is 30.3 Å². The van der Waals surface area contributed by atoms with E-state index in [1.54, 1.807) is 0 Å². The Morgan fingerprint density at radius 3 is 2.57 bits per heavy atom. The lowest BCUT2D eigenvalue weighted by Crippen LogP contribution is -2.44. The summed E-state index contributed by atoms with van der Waals surface area (Å²) in [5.41, 5.74) is 1.74. The van der Waals surface area contributed by atoms with Crippen molar-refractivity contribution in [3.05, 3.63) is 35.9 Å². The summed E-state index contributed by atoms with van der Waals surface area (Å²) in [4.78, 5) is 0. The smallest absolute Gasteiger partial charge is 0.0324 e. The lowest BCUT2D eigenvalue weighted by molar-refractivity contribution is 0.245. The molecule has 2 rings (SSSR count). The summed E-state index contributed by atoms with van der Waals surface area (Å²) in [7, 11) is 0. The van der Waals surface area contributed by atoms with Crippen LogP contribution >= 0.6 is 0 Å². The first-order valence-electron chi connectivity index (χ1n) is 5.50. The van der Waals surface area contributed by atoms with Crippen molar-refractivity contribution in [1.29, 1.82) is 0 Å². The summed E-state index contributed by atoms with van der Waals surface area (Å²) < 4.78 is 0. The van der Waals surface area contributed by atoms with Crippen LogP contribution < -0.4 is 5.32 Å². The van der Waals surface area contributed by atoms with E-state index >= 15 is 0 Å². The van der Waals surface area contributed by atoms with Crippen molar-refractivity contribution in [2.24, 2.45) is 0 Å². The van der Waals surface area contributed by atoms with Gasteiger partial charge in [0.25, 0.3) is 0 Å². The van der Waals surface area contributed by atoms with Gasteiger partial charge in [-0.25, -0.2) is 0 Å². The molecule has 0 unspecified atom stereocenters. The van der Waals surface area contributed by atoms with Crippen molar-refractivity contribution in [1.82, 2.24) is 5.32 Å². The topological polar surface area (TPSA) is 12.0 Å². The molecule has 1 heterocycles. The monoisotopic (exact) mass is 189 g/mol. The van der Waals surface area contributed by atoms with Crippen LogP contribution in [0.4, 0.5) is 0 Å². The van der Waals surface area contributed by atoms with Crippen molar-refractivity contribution in [2.75, 3.05) is 0 Å². The number of rotatable bonds is 1. The van der Waals surface area contributed by atoms with E-state index < -0.39 is 0 Å². The zero-order valence-electron chi connectivity index (χ0n) is 9.09. The first-order chi connectivity index (χ1) is 6.67. The maximum absolute atomic E-state index is 3.71. The Bertz CT molecular complexity index is 289. The zero-order valence-corrected chi connectivity index (χ0v) is 9.09. The molecular weight excluding hydrogens is 170 g/mol. The Morgan fingerprint density at radius 2 is 1.93 bits per heavy atom. The second kappa shape index (κ2) is 3.74. The van der Waals surface area contributed by atoms with E-state index in [0.29, 0.717) is 11.6 Å². The fourth-order valence-electron chi connectivity index (χ4n) is 2.30. The number of hydrogen-bond donors (Lipinski definition) is 1. The van der Waals surface area contributed by atoms with Crippen LogP contribution in [-0.4, -0.2) is 5.54 Å². The van der Waals surface area contributed by atoms with E-state index in [1.165, 1.54) is 24.8 Å². The first kappa shape index (κ1) is 9.72. The van der Waals surface area contributed by atoms with Gasteiger partial charge in [0.05, 0.1) is 0 Å². The Morgan fingerprint density at radius 1 is 1.21 bits per heavy atom. The predicted octanol–water partition coefficient (Wildman–Crippen LogP) is 3.28. The summed E-state index contributed by atoms with van der Waals surface area (Å²) in [5.74, 6) is 0. The van der Waals surface area contributed by atoms with Crippen molar-refractivity contribution < 1.29 is 0 Å². The second-order valence-electron chi connectivity index (χ2n) is 4.88. The molecule has 0 aromatic heterocycles. The highest BCUT2D eigenvalue weighted by atomic mass is 15.0. The summed E-state index contributed by atoms with van der Waals surface area (Å²) >= 11 is 0. The minimum Gasteiger partial charge on any atom is -0.305 e. The minimum absolute atomic E-state index is 0.304. The Balaban J connectivity index is 2.12. The highest BCUT2D eigenvalue weighted by molar-refractivity contribution is 5.20. The molecule has 0 aliphatic carbocycles. The molecule has 1 aromatic carbocycles. The highest BCUT2D eigenvalue weighted by Crippen LogP contribution is 2.30. The van der Waals surface area contributed by atoms with Gasteiger partial charge in [0.1, 0.15) is 0 Å². The molecule has 0 bridgehead atoms. The molecular formula is C13H19N. The van der Waals surface area contributed by atoms with E-state index in [-0.39, 0.29) is 0 Å². The second-order valence-corrected chi connectivity index (χ2v) is 4.88. The van der Waals surface area contributed by atoms with E-state index in [4.69, 9.17) is 0 Å². The SMILES string of the molecule is CC1(C)CCC[C@H](c2ccccc2)N1. The average molecular weight is 189 g/mol. The molecule has 14 heavy (non-hydrogen) atoms. The summed E-state index contributed by atoms with van der Waals surface area (Å²) in [6, 6.07) is 11.3. The molecule has 0 amide bonds. The summed E-state index contributed by atoms with van der Waals surface area (Å²) in [6.07, 6.45) is 3.89. The van der Waals surface area contributed by atoms with Crippen LogP contribution in [0, 0.1) is 0 Å². The van der Waals surface area contributed by atoms with Gasteiger partial charge < -0.3 is 5.32 Å². The molecule has 76 valence electrons. The zero-order chi connectivity index (χ0) is 10.0. The van der Waals surface area contributed by atoms with Gasteiger partial charge in [-0.3, -0.25) is 0 Å². The molecule has 0 spiro atoms. The highest BCUT2D eigenvalue weighted by Gasteiger charge is 2.27. The van der Waals surface area contributed by atoms with Crippen LogP contribution in [0.25, 0.3) is 0 Å². The summed E-state index contributed by atoms with van der Waals surface area (Å²) in [5, 5.41) is 3.71. The number of hydrogen-bond acceptors (Lipinski definition) is 1. The van der Waals surface area contributed by atoms with Crippen molar-refractivity contribution in [3.63, 3.8) is 0 Å². The maximum Gasteiger partial charge on any atom is 0.0324 e. The number of benzene rings is 1. The van der Waals surface area contributed by atoms with E-state index in [2.05, 4.69) is 49.5 Å². The van der Waals surface area contributed by atoms with Crippen LogP contribution in [0.5, 0.6) is 0 Å². The average Bonchev–Trinajstić information content (AvgIpc) is 2.18. The van der Waals surface area contributed by atoms with Crippen LogP contribution in [-0.2, 0) is 0 Å². The fraction of sp³-hybridized carbons (Fsp3) is 0.538. The molecule has 1 aliphatic heterocycles. The van der Waals surface area contributed by atoms with Gasteiger partial charge in [-0.05, 0) is 38.7 Å². The number of nitrogens with one attached hydrogen (secondary N) is 1. The largest absolute Gasteiger partial charge is 0.305 e. The number of piperidine rings is 1. The predicted molar refractivity (Wildman–Crippen MR) is 60.2 cm³/mol. The van der Waals surface area contributed by atoms with Gasteiger partial charge in [0.15, 0.2) is 0 Å². The van der Waals surface area contributed by atoms with E-state index in [1.807, 2.05) is 0 Å². The molecule has 0 radical (unpaired) electrons. The molecule has 1 N–H and O–H groups in total. The Kier molecular flexibility index (Phi) is 2.60. The quantitative estimate of drug-likeness (QED) is 0.715. The molecule has 1 heteroatoms. The van der Waals surface area contributed by atoms with E-state index in [0.717, 1.165) is 0 Å². The van der Waals surface area contributed by atoms with Gasteiger partial charge in [-0.2, -0.15) is 0 Å². The molecule has 1 fully saturated rings.